The smallest absolute Gasteiger partial charge is 0.154 e. The van der Waals surface area contributed by atoms with Crippen LogP contribution in [0.3, 0.4) is 0 Å². The van der Waals surface area contributed by atoms with Crippen LogP contribution in [0.1, 0.15) is 48.7 Å². The van der Waals surface area contributed by atoms with Crippen LogP contribution < -0.4 is 9.47 Å². The van der Waals surface area contributed by atoms with Gasteiger partial charge in [0.2, 0.25) is 0 Å². The highest BCUT2D eigenvalue weighted by Crippen LogP contribution is 2.34. The van der Waals surface area contributed by atoms with Crippen molar-refractivity contribution in [3.05, 3.63) is 41.3 Å². The van der Waals surface area contributed by atoms with E-state index in [-0.39, 0.29) is 6.04 Å². The molecule has 0 bridgehead atoms. The SMILES string of the molecule is COc1ccc(OC)c(CN2CCCCC[C@H]2c2cc(C)no2)c1. The lowest BCUT2D eigenvalue weighted by Crippen LogP contribution is -2.28. The molecule has 130 valence electrons. The average molecular weight is 330 g/mol. The molecule has 1 aliphatic rings. The summed E-state index contributed by atoms with van der Waals surface area (Å²) in [5.74, 6) is 2.72. The van der Waals surface area contributed by atoms with Crippen LogP contribution >= 0.6 is 0 Å². The Morgan fingerprint density at radius 3 is 2.75 bits per heavy atom. The third kappa shape index (κ3) is 3.73. The first-order valence-electron chi connectivity index (χ1n) is 8.59. The highest BCUT2D eigenvalue weighted by molar-refractivity contribution is 5.40. The van der Waals surface area contributed by atoms with Crippen molar-refractivity contribution in [2.75, 3.05) is 20.8 Å². The molecule has 0 saturated carbocycles. The lowest BCUT2D eigenvalue weighted by atomic mass is 10.1. The fraction of sp³-hybridized carbons (Fsp3) is 0.526. The Bertz CT molecular complexity index is 668. The van der Waals surface area contributed by atoms with Gasteiger partial charge in [0.25, 0.3) is 0 Å². The number of likely N-dealkylation sites (tertiary alicyclic amines) is 1. The second kappa shape index (κ2) is 7.71. The molecule has 24 heavy (non-hydrogen) atoms. The van der Waals surface area contributed by atoms with Crippen molar-refractivity contribution < 1.29 is 14.0 Å². The van der Waals surface area contributed by atoms with E-state index in [1.807, 2.05) is 19.1 Å². The molecule has 0 aliphatic carbocycles. The molecule has 0 N–H and O–H groups in total. The lowest BCUT2D eigenvalue weighted by molar-refractivity contribution is 0.158. The van der Waals surface area contributed by atoms with Crippen molar-refractivity contribution in [2.24, 2.45) is 0 Å². The van der Waals surface area contributed by atoms with E-state index in [9.17, 15) is 0 Å². The maximum atomic E-state index is 5.58. The van der Waals surface area contributed by atoms with E-state index in [4.69, 9.17) is 14.0 Å². The molecule has 1 saturated heterocycles. The summed E-state index contributed by atoms with van der Waals surface area (Å²) >= 11 is 0. The maximum Gasteiger partial charge on any atom is 0.154 e. The lowest BCUT2D eigenvalue weighted by Gasteiger charge is -2.28. The molecule has 3 rings (SSSR count). The Morgan fingerprint density at radius 2 is 2.04 bits per heavy atom. The number of aromatic nitrogens is 1. The van der Waals surface area contributed by atoms with E-state index in [1.54, 1.807) is 14.2 Å². The minimum atomic E-state index is 0.268. The summed E-state index contributed by atoms with van der Waals surface area (Å²) in [7, 11) is 3.41. The number of ether oxygens (including phenoxy) is 2. The zero-order valence-electron chi connectivity index (χ0n) is 14.7. The van der Waals surface area contributed by atoms with Gasteiger partial charge in [0.1, 0.15) is 11.5 Å². The minimum Gasteiger partial charge on any atom is -0.497 e. The second-order valence-electron chi connectivity index (χ2n) is 6.38. The number of benzene rings is 1. The van der Waals surface area contributed by atoms with Crippen LogP contribution in [0.25, 0.3) is 0 Å². The molecule has 5 heteroatoms. The molecule has 0 unspecified atom stereocenters. The standard InChI is InChI=1S/C19H26N2O3/c1-14-11-19(24-20-14)17-7-5-4-6-10-21(17)13-15-12-16(22-2)8-9-18(15)23-3/h8-9,11-12,17H,4-7,10,13H2,1-3H3/t17-/m0/s1. The maximum absolute atomic E-state index is 5.58. The van der Waals surface area contributed by atoms with Gasteiger partial charge in [-0.15, -0.1) is 0 Å². The van der Waals surface area contributed by atoms with Crippen LogP contribution in [-0.2, 0) is 6.54 Å². The number of nitrogens with zero attached hydrogens (tertiary/aromatic N) is 2. The van der Waals surface area contributed by atoms with Gasteiger partial charge < -0.3 is 14.0 Å². The van der Waals surface area contributed by atoms with Gasteiger partial charge in [0.05, 0.1) is 26.0 Å². The van der Waals surface area contributed by atoms with Crippen LogP contribution in [0.5, 0.6) is 11.5 Å². The van der Waals surface area contributed by atoms with Crippen LogP contribution in [0.4, 0.5) is 0 Å². The molecule has 1 atom stereocenters. The number of hydrogen-bond donors (Lipinski definition) is 0. The van der Waals surface area contributed by atoms with E-state index in [2.05, 4.69) is 22.2 Å². The predicted molar refractivity (Wildman–Crippen MR) is 92.4 cm³/mol. The quantitative estimate of drug-likeness (QED) is 0.825. The van der Waals surface area contributed by atoms with Gasteiger partial charge in [-0.1, -0.05) is 18.0 Å². The van der Waals surface area contributed by atoms with E-state index in [0.717, 1.165) is 48.0 Å². The van der Waals surface area contributed by atoms with E-state index in [1.165, 1.54) is 19.3 Å². The summed E-state index contributed by atoms with van der Waals surface area (Å²) in [6.45, 7) is 3.83. The topological polar surface area (TPSA) is 47.7 Å². The van der Waals surface area contributed by atoms with Crippen molar-refractivity contribution in [3.63, 3.8) is 0 Å². The fourth-order valence-electron chi connectivity index (χ4n) is 3.44. The highest BCUT2D eigenvalue weighted by Gasteiger charge is 2.26. The summed E-state index contributed by atoms with van der Waals surface area (Å²) in [5, 5.41) is 4.08. The average Bonchev–Trinajstić information content (AvgIpc) is 2.89. The van der Waals surface area contributed by atoms with Crippen molar-refractivity contribution >= 4 is 0 Å². The third-order valence-electron chi connectivity index (χ3n) is 4.70. The van der Waals surface area contributed by atoms with Gasteiger partial charge in [-0.2, -0.15) is 0 Å². The molecule has 0 amide bonds. The summed E-state index contributed by atoms with van der Waals surface area (Å²) in [6, 6.07) is 8.30. The summed E-state index contributed by atoms with van der Waals surface area (Å²) in [5.41, 5.74) is 2.08. The molecule has 0 spiro atoms. The Hall–Kier alpha value is -2.01. The molecular weight excluding hydrogens is 304 g/mol. The molecule has 1 aromatic carbocycles. The number of rotatable bonds is 5. The van der Waals surface area contributed by atoms with Crippen molar-refractivity contribution in [2.45, 2.75) is 45.2 Å². The first-order valence-corrected chi connectivity index (χ1v) is 8.59. The van der Waals surface area contributed by atoms with E-state index in [0.29, 0.717) is 0 Å². The van der Waals surface area contributed by atoms with Gasteiger partial charge in [-0.05, 0) is 44.5 Å². The van der Waals surface area contributed by atoms with Gasteiger partial charge in [-0.3, -0.25) is 4.90 Å². The zero-order chi connectivity index (χ0) is 16.9. The van der Waals surface area contributed by atoms with Crippen LogP contribution in [0.2, 0.25) is 0 Å². The van der Waals surface area contributed by atoms with Crippen LogP contribution in [0, 0.1) is 6.92 Å². The van der Waals surface area contributed by atoms with Crippen molar-refractivity contribution in [1.29, 1.82) is 0 Å². The zero-order valence-corrected chi connectivity index (χ0v) is 14.7. The number of hydrogen-bond acceptors (Lipinski definition) is 5. The Kier molecular flexibility index (Phi) is 5.41. The largest absolute Gasteiger partial charge is 0.497 e. The predicted octanol–water partition coefficient (Wildman–Crippen LogP) is 4.12. The van der Waals surface area contributed by atoms with Gasteiger partial charge in [-0.25, -0.2) is 0 Å². The number of methoxy groups -OCH3 is 2. The number of aryl methyl sites for hydroxylation is 1. The minimum absolute atomic E-state index is 0.268. The van der Waals surface area contributed by atoms with Crippen LogP contribution in [0.15, 0.2) is 28.8 Å². The summed E-state index contributed by atoms with van der Waals surface area (Å²) in [6.07, 6.45) is 4.78. The molecule has 1 aliphatic heterocycles. The van der Waals surface area contributed by atoms with E-state index >= 15 is 0 Å². The molecular formula is C19H26N2O3. The molecule has 5 nitrogen and oxygen atoms in total. The molecule has 2 heterocycles. The first kappa shape index (κ1) is 16.8. The monoisotopic (exact) mass is 330 g/mol. The fourth-order valence-corrected chi connectivity index (χ4v) is 3.44. The van der Waals surface area contributed by atoms with Gasteiger partial charge in [0.15, 0.2) is 5.76 Å². The van der Waals surface area contributed by atoms with Crippen LogP contribution in [-0.4, -0.2) is 30.8 Å². The van der Waals surface area contributed by atoms with Gasteiger partial charge >= 0.3 is 0 Å². The molecule has 1 aromatic heterocycles. The first-order chi connectivity index (χ1) is 11.7. The Labute approximate surface area is 143 Å². The highest BCUT2D eigenvalue weighted by atomic mass is 16.5. The van der Waals surface area contributed by atoms with E-state index < -0.39 is 0 Å². The second-order valence-corrected chi connectivity index (χ2v) is 6.38. The molecule has 2 aromatic rings. The molecule has 0 radical (unpaired) electrons. The summed E-state index contributed by atoms with van der Waals surface area (Å²) < 4.78 is 16.5. The van der Waals surface area contributed by atoms with Crippen molar-refractivity contribution in [3.8, 4) is 11.5 Å². The van der Waals surface area contributed by atoms with Gasteiger partial charge in [0, 0.05) is 18.2 Å². The molecule has 1 fully saturated rings. The van der Waals surface area contributed by atoms with Crippen molar-refractivity contribution in [1.82, 2.24) is 10.1 Å². The Morgan fingerprint density at radius 1 is 1.17 bits per heavy atom. The third-order valence-corrected chi connectivity index (χ3v) is 4.70. The Balaban J connectivity index is 1.87. The normalized spacial score (nSPS) is 19.0. The summed E-state index contributed by atoms with van der Waals surface area (Å²) in [4.78, 5) is 2.48.